The zero-order valence-electron chi connectivity index (χ0n) is 16.9. The number of alkyl halides is 1. The lowest BCUT2D eigenvalue weighted by atomic mass is 9.94. The minimum atomic E-state index is -0.899. The summed E-state index contributed by atoms with van der Waals surface area (Å²) < 4.78 is 33.3. The van der Waals surface area contributed by atoms with Crippen LogP contribution in [-0.4, -0.2) is 53.6 Å². The predicted octanol–water partition coefficient (Wildman–Crippen LogP) is 4.00. The molecule has 2 aliphatic rings. The molecule has 0 spiro atoms. The van der Waals surface area contributed by atoms with Crippen molar-refractivity contribution in [3.8, 4) is 0 Å². The molecule has 1 saturated heterocycles. The van der Waals surface area contributed by atoms with Crippen molar-refractivity contribution in [1.29, 1.82) is 0 Å². The number of esters is 1. The van der Waals surface area contributed by atoms with Gasteiger partial charge in [0.2, 0.25) is 0 Å². The highest BCUT2D eigenvalue weighted by Gasteiger charge is 2.39. The topological polar surface area (TPSA) is 66.8 Å². The molecule has 0 amide bonds. The maximum Gasteiger partial charge on any atom is 0.338 e. The van der Waals surface area contributed by atoms with Gasteiger partial charge >= 0.3 is 5.97 Å². The average Bonchev–Trinajstić information content (AvgIpc) is 3.28. The van der Waals surface area contributed by atoms with E-state index in [1.807, 2.05) is 17.2 Å². The van der Waals surface area contributed by atoms with Crippen LogP contribution in [0.3, 0.4) is 0 Å². The number of likely N-dealkylation sites (tertiary alicyclic amines) is 1. The molecule has 0 aliphatic carbocycles. The summed E-state index contributed by atoms with van der Waals surface area (Å²) in [7, 11) is 0. The first kappa shape index (κ1) is 22.0. The van der Waals surface area contributed by atoms with E-state index in [0.717, 1.165) is 0 Å². The third-order valence-corrected chi connectivity index (χ3v) is 6.85. The van der Waals surface area contributed by atoms with E-state index >= 15 is 0 Å². The number of halogens is 3. The largest absolute Gasteiger partial charge is 0.463 e. The van der Waals surface area contributed by atoms with E-state index in [9.17, 15) is 13.6 Å². The van der Waals surface area contributed by atoms with Gasteiger partial charge in [0.1, 0.15) is 18.0 Å². The first-order valence-corrected chi connectivity index (χ1v) is 11.5. The van der Waals surface area contributed by atoms with Crippen LogP contribution in [0, 0.1) is 5.82 Å². The molecule has 2 aromatic rings. The van der Waals surface area contributed by atoms with Gasteiger partial charge in [-0.1, -0.05) is 22.0 Å². The molecule has 1 fully saturated rings. The number of nitrogens with one attached hydrogen (secondary N) is 1. The Labute approximate surface area is 191 Å². The molecule has 2 aliphatic heterocycles. The maximum atomic E-state index is 13.8. The fraction of sp³-hybridized carbons (Fsp3) is 0.381. The van der Waals surface area contributed by atoms with E-state index in [-0.39, 0.29) is 19.2 Å². The molecule has 0 bridgehead atoms. The summed E-state index contributed by atoms with van der Waals surface area (Å²) in [5, 5.41) is 5.72. The second kappa shape index (κ2) is 9.13. The number of nitrogens with zero attached hydrogens (tertiary/aromatic N) is 3. The third-order valence-electron chi connectivity index (χ3n) is 5.38. The van der Waals surface area contributed by atoms with Crippen molar-refractivity contribution < 1.29 is 18.3 Å². The summed E-state index contributed by atoms with van der Waals surface area (Å²) in [6.07, 6.45) is 0.770. The molecule has 3 atom stereocenters. The number of hydrogen-bond acceptors (Lipinski definition) is 7. The van der Waals surface area contributed by atoms with Crippen LogP contribution in [0.5, 0.6) is 0 Å². The summed E-state index contributed by atoms with van der Waals surface area (Å²) >= 11 is 4.81. The number of carbonyl (C=O) groups excluding carboxylic acids is 1. The molecule has 31 heavy (non-hydrogen) atoms. The van der Waals surface area contributed by atoms with Crippen molar-refractivity contribution in [3.05, 3.63) is 61.9 Å². The molecule has 0 radical (unpaired) electrons. The minimum absolute atomic E-state index is 0.197. The molecular weight excluding hydrogens is 490 g/mol. The lowest BCUT2D eigenvalue weighted by Gasteiger charge is -2.43. The van der Waals surface area contributed by atoms with Gasteiger partial charge in [0.25, 0.3) is 0 Å². The smallest absolute Gasteiger partial charge is 0.338 e. The number of aromatic nitrogens is 1. The monoisotopic (exact) mass is 510 g/mol. The van der Waals surface area contributed by atoms with Gasteiger partial charge in [-0.05, 0) is 31.5 Å². The van der Waals surface area contributed by atoms with Crippen LogP contribution < -0.4 is 5.32 Å². The summed E-state index contributed by atoms with van der Waals surface area (Å²) in [5.74, 6) is -0.415. The van der Waals surface area contributed by atoms with Gasteiger partial charge in [-0.15, -0.1) is 11.3 Å². The quantitative estimate of drug-likeness (QED) is 0.595. The van der Waals surface area contributed by atoms with Gasteiger partial charge in [-0.3, -0.25) is 9.89 Å². The fourth-order valence-corrected chi connectivity index (χ4v) is 4.77. The Balaban J connectivity index is 1.82. The van der Waals surface area contributed by atoms with Gasteiger partial charge < -0.3 is 10.1 Å². The molecule has 2 unspecified atom stereocenters. The van der Waals surface area contributed by atoms with Gasteiger partial charge in [0.05, 0.1) is 12.2 Å². The van der Waals surface area contributed by atoms with Gasteiger partial charge in [-0.2, -0.15) is 0 Å². The molecule has 1 aromatic heterocycles. The van der Waals surface area contributed by atoms with Gasteiger partial charge in [0.15, 0.2) is 10.8 Å². The van der Waals surface area contributed by atoms with E-state index < -0.39 is 24.0 Å². The van der Waals surface area contributed by atoms with Crippen molar-refractivity contribution >= 4 is 39.1 Å². The zero-order valence-corrected chi connectivity index (χ0v) is 19.3. The molecule has 6 nitrogen and oxygen atoms in total. The molecule has 164 valence electrons. The Morgan fingerprint density at radius 3 is 2.87 bits per heavy atom. The summed E-state index contributed by atoms with van der Waals surface area (Å²) in [5.41, 5.74) is 1.53. The minimum Gasteiger partial charge on any atom is -0.463 e. The lowest BCUT2D eigenvalue weighted by Crippen LogP contribution is -2.58. The number of rotatable bonds is 6. The average molecular weight is 511 g/mol. The molecular formula is C21H21BrF2N4O2S. The number of hydrogen-bond donors (Lipinski definition) is 1. The van der Waals surface area contributed by atoms with Gasteiger partial charge in [-0.25, -0.2) is 18.6 Å². The Bertz CT molecular complexity index is 1040. The Morgan fingerprint density at radius 1 is 1.45 bits per heavy atom. The van der Waals surface area contributed by atoms with Crippen LogP contribution in [0.1, 0.15) is 30.5 Å². The second-order valence-corrected chi connectivity index (χ2v) is 9.06. The molecule has 10 heteroatoms. The van der Waals surface area contributed by atoms with E-state index in [0.29, 0.717) is 38.7 Å². The Morgan fingerprint density at radius 2 is 2.26 bits per heavy atom. The van der Waals surface area contributed by atoms with Crippen molar-refractivity contribution in [2.24, 2.45) is 4.99 Å². The predicted molar refractivity (Wildman–Crippen MR) is 118 cm³/mol. The summed E-state index contributed by atoms with van der Waals surface area (Å²) in [6.45, 7) is 4.35. The summed E-state index contributed by atoms with van der Waals surface area (Å²) in [6, 6.07) is 3.27. The molecule has 3 heterocycles. The molecule has 4 rings (SSSR count). The van der Waals surface area contributed by atoms with E-state index in [1.54, 1.807) is 19.2 Å². The molecule has 0 saturated carbocycles. The number of carbonyl (C=O) groups is 1. The second-order valence-electron chi connectivity index (χ2n) is 7.31. The van der Waals surface area contributed by atoms with E-state index in [1.165, 1.54) is 23.5 Å². The van der Waals surface area contributed by atoms with Crippen LogP contribution in [0.4, 0.5) is 8.78 Å². The maximum absolute atomic E-state index is 13.8. The van der Waals surface area contributed by atoms with Crippen molar-refractivity contribution in [3.63, 3.8) is 0 Å². The van der Waals surface area contributed by atoms with Crippen LogP contribution in [-0.2, 0) is 9.53 Å². The van der Waals surface area contributed by atoms with Crippen molar-refractivity contribution in [1.82, 2.24) is 15.2 Å². The lowest BCUT2D eigenvalue weighted by molar-refractivity contribution is -0.139. The van der Waals surface area contributed by atoms with Crippen LogP contribution in [0.2, 0.25) is 0 Å². The highest BCUT2D eigenvalue weighted by atomic mass is 79.9. The summed E-state index contributed by atoms with van der Waals surface area (Å²) in [4.78, 5) is 24.0. The standard InChI is InChI=1S/C21H21BrF2N4O2S/c1-3-30-21(29)17-16(10-28-9-15(24)11(28)2)26-19(20-25-6-7-31-20)27-18(17)13-5-4-12(23)8-14(13)22/h4-8,11,15,18H,3,9-10H2,1-2H3,(H,26,27)/t11?,15?,18-/m0/s1. The normalized spacial score (nSPS) is 23.8. The highest BCUT2D eigenvalue weighted by molar-refractivity contribution is 9.10. The Hall–Kier alpha value is -2.17. The van der Waals surface area contributed by atoms with E-state index in [4.69, 9.17) is 9.73 Å². The Kier molecular flexibility index (Phi) is 6.49. The molecule has 1 aromatic carbocycles. The van der Waals surface area contributed by atoms with Crippen LogP contribution >= 0.6 is 27.3 Å². The molecule has 1 N–H and O–H groups in total. The fourth-order valence-electron chi connectivity index (χ4n) is 3.61. The zero-order chi connectivity index (χ0) is 22.1. The highest BCUT2D eigenvalue weighted by Crippen LogP contribution is 2.37. The first-order chi connectivity index (χ1) is 14.9. The number of ether oxygens (including phenoxy) is 1. The van der Waals surface area contributed by atoms with E-state index in [2.05, 4.69) is 26.2 Å². The van der Waals surface area contributed by atoms with Crippen molar-refractivity contribution in [2.75, 3.05) is 19.7 Å². The number of amidine groups is 1. The number of aliphatic imine (C=N–C) groups is 1. The van der Waals surface area contributed by atoms with Crippen LogP contribution in [0.15, 0.2) is 50.5 Å². The first-order valence-electron chi connectivity index (χ1n) is 9.87. The SMILES string of the molecule is CCOC(=O)C1=C(CN2CC(F)C2C)NC(c2nccs2)=N[C@H]1c1ccc(F)cc1Br. The van der Waals surface area contributed by atoms with Crippen LogP contribution in [0.25, 0.3) is 0 Å². The number of thiazole rings is 1. The van der Waals surface area contributed by atoms with Gasteiger partial charge in [0, 0.05) is 40.9 Å². The van der Waals surface area contributed by atoms with Crippen molar-refractivity contribution in [2.45, 2.75) is 32.1 Å². The number of benzene rings is 1. The third kappa shape index (κ3) is 4.42.